The molecule has 0 aliphatic carbocycles. The summed E-state index contributed by atoms with van der Waals surface area (Å²) >= 11 is 0. The van der Waals surface area contributed by atoms with Crippen molar-refractivity contribution in [1.29, 1.82) is 0 Å². The van der Waals surface area contributed by atoms with E-state index in [1.54, 1.807) is 6.92 Å². The van der Waals surface area contributed by atoms with Gasteiger partial charge in [0.1, 0.15) is 5.54 Å². The molecule has 1 aliphatic heterocycles. The molecule has 1 aromatic carbocycles. The Kier molecular flexibility index (Phi) is 3.45. The van der Waals surface area contributed by atoms with Crippen LogP contribution in [0, 0.1) is 23.5 Å². The van der Waals surface area contributed by atoms with Crippen LogP contribution in [0.2, 0.25) is 0 Å². The lowest BCUT2D eigenvalue weighted by molar-refractivity contribution is -0.130. The monoisotopic (exact) mass is 278 g/mol. The molecule has 1 atom stereocenters. The minimum atomic E-state index is -1.42. The van der Waals surface area contributed by atoms with Crippen LogP contribution in [0.15, 0.2) is 18.2 Å². The first-order valence-corrected chi connectivity index (χ1v) is 5.89. The number of carbonyl (C=O) groups is 2. The van der Waals surface area contributed by atoms with E-state index in [-0.39, 0.29) is 12.1 Å². The summed E-state index contributed by atoms with van der Waals surface area (Å²) in [5.41, 5.74) is -1.23. The number of halogens is 2. The molecule has 1 aromatic rings. The Morgan fingerprint density at radius 1 is 1.30 bits per heavy atom. The Morgan fingerprint density at radius 3 is 2.60 bits per heavy atom. The highest BCUT2D eigenvalue weighted by Gasteiger charge is 2.48. The number of nitrogens with zero attached hydrogens (tertiary/aromatic N) is 1. The summed E-state index contributed by atoms with van der Waals surface area (Å²) in [7, 11) is 0. The normalized spacial score (nSPS) is 21.5. The molecule has 0 radical (unpaired) electrons. The maximum absolute atomic E-state index is 13.3. The maximum Gasteiger partial charge on any atom is 0.326 e. The smallest absolute Gasteiger partial charge is 0.319 e. The van der Waals surface area contributed by atoms with Gasteiger partial charge in [-0.25, -0.2) is 13.6 Å². The number of carbonyl (C=O) groups excluding carboxylic acids is 2. The van der Waals surface area contributed by atoms with Crippen molar-refractivity contribution < 1.29 is 18.4 Å². The topological polar surface area (TPSA) is 49.4 Å². The number of hydrogen-bond acceptors (Lipinski definition) is 2. The van der Waals surface area contributed by atoms with Crippen molar-refractivity contribution >= 4 is 11.9 Å². The van der Waals surface area contributed by atoms with Gasteiger partial charge >= 0.3 is 6.03 Å². The molecule has 0 bridgehead atoms. The van der Waals surface area contributed by atoms with Gasteiger partial charge in [-0.15, -0.1) is 5.92 Å². The molecule has 6 heteroatoms. The van der Waals surface area contributed by atoms with Crippen molar-refractivity contribution in [1.82, 2.24) is 10.2 Å². The number of rotatable bonds is 2. The van der Waals surface area contributed by atoms with E-state index in [0.29, 0.717) is 0 Å². The molecule has 1 fully saturated rings. The Hall–Kier alpha value is -2.42. The molecule has 20 heavy (non-hydrogen) atoms. The number of imide groups is 1. The molecular formula is C14H12F2N2O2. The molecule has 1 unspecified atom stereocenters. The van der Waals surface area contributed by atoms with Crippen LogP contribution in [0.1, 0.15) is 19.4 Å². The van der Waals surface area contributed by atoms with Crippen LogP contribution in [-0.4, -0.2) is 23.4 Å². The van der Waals surface area contributed by atoms with Crippen LogP contribution < -0.4 is 5.32 Å². The van der Waals surface area contributed by atoms with Gasteiger partial charge < -0.3 is 5.32 Å². The van der Waals surface area contributed by atoms with Crippen LogP contribution in [0.5, 0.6) is 0 Å². The van der Waals surface area contributed by atoms with Gasteiger partial charge in [-0.05, 0) is 31.5 Å². The quantitative estimate of drug-likeness (QED) is 0.662. The van der Waals surface area contributed by atoms with Gasteiger partial charge in [-0.3, -0.25) is 9.69 Å². The number of hydrogen-bond donors (Lipinski definition) is 1. The largest absolute Gasteiger partial charge is 0.326 e. The van der Waals surface area contributed by atoms with Gasteiger partial charge in [0, 0.05) is 0 Å². The summed E-state index contributed by atoms with van der Waals surface area (Å²) in [5, 5.41) is 2.48. The van der Waals surface area contributed by atoms with Gasteiger partial charge in [0.2, 0.25) is 0 Å². The second kappa shape index (κ2) is 4.93. The zero-order chi connectivity index (χ0) is 14.9. The van der Waals surface area contributed by atoms with Crippen LogP contribution in [0.3, 0.4) is 0 Å². The number of nitrogens with one attached hydrogen (secondary N) is 1. The fourth-order valence-electron chi connectivity index (χ4n) is 2.00. The third kappa shape index (κ3) is 2.11. The molecule has 1 N–H and O–H groups in total. The lowest BCUT2D eigenvalue weighted by atomic mass is 9.92. The van der Waals surface area contributed by atoms with Crippen LogP contribution in [0.25, 0.3) is 0 Å². The number of benzene rings is 1. The Balaban J connectivity index is 2.39. The summed E-state index contributed by atoms with van der Waals surface area (Å²) in [6, 6.07) is 2.49. The van der Waals surface area contributed by atoms with Crippen molar-refractivity contribution in [3.8, 4) is 11.8 Å². The van der Waals surface area contributed by atoms with Crippen molar-refractivity contribution in [2.75, 3.05) is 6.54 Å². The maximum atomic E-state index is 13.3. The average molecular weight is 278 g/mol. The summed E-state index contributed by atoms with van der Waals surface area (Å²) < 4.78 is 26.2. The molecule has 3 amide bonds. The first-order valence-electron chi connectivity index (χ1n) is 5.89. The Labute approximate surface area is 114 Å². The molecule has 1 saturated heterocycles. The molecule has 0 spiro atoms. The van der Waals surface area contributed by atoms with E-state index >= 15 is 0 Å². The average Bonchev–Trinajstić information content (AvgIpc) is 2.62. The molecule has 1 aliphatic rings. The first-order chi connectivity index (χ1) is 9.40. The minimum Gasteiger partial charge on any atom is -0.319 e. The van der Waals surface area contributed by atoms with Crippen molar-refractivity contribution in [3.05, 3.63) is 35.4 Å². The summed E-state index contributed by atoms with van der Waals surface area (Å²) in [4.78, 5) is 25.0. The zero-order valence-corrected chi connectivity index (χ0v) is 11.0. The van der Waals surface area contributed by atoms with E-state index in [1.165, 1.54) is 13.0 Å². The lowest BCUT2D eigenvalue weighted by Gasteiger charge is -2.22. The van der Waals surface area contributed by atoms with Gasteiger partial charge in [0.05, 0.1) is 6.54 Å². The summed E-state index contributed by atoms with van der Waals surface area (Å²) in [5.74, 6) is 2.58. The predicted octanol–water partition coefficient (Wildman–Crippen LogP) is 1.76. The molecule has 104 valence electrons. The standard InChI is InChI=1S/C14H12F2N2O2/c1-3-4-7-18-12(19)14(2,17-13(18)20)9-5-6-10(15)11(16)8-9/h5-6,8H,7H2,1-2H3,(H,17,20). The Bertz CT molecular complexity index is 648. The van der Waals surface area contributed by atoms with E-state index in [4.69, 9.17) is 0 Å². The first kappa shape index (κ1) is 14.0. The highest BCUT2D eigenvalue weighted by Crippen LogP contribution is 2.29. The molecule has 0 saturated carbocycles. The third-order valence-electron chi connectivity index (χ3n) is 3.19. The summed E-state index contributed by atoms with van der Waals surface area (Å²) in [6.45, 7) is 2.99. The fourth-order valence-corrected chi connectivity index (χ4v) is 2.00. The summed E-state index contributed by atoms with van der Waals surface area (Å²) in [6.07, 6.45) is 0. The van der Waals surface area contributed by atoms with E-state index in [2.05, 4.69) is 17.2 Å². The fraction of sp³-hybridized carbons (Fsp3) is 0.286. The van der Waals surface area contributed by atoms with Gasteiger partial charge in [-0.2, -0.15) is 0 Å². The minimum absolute atomic E-state index is 0.0412. The third-order valence-corrected chi connectivity index (χ3v) is 3.19. The van der Waals surface area contributed by atoms with Crippen LogP contribution >= 0.6 is 0 Å². The number of urea groups is 1. The number of amides is 3. The highest BCUT2D eigenvalue weighted by atomic mass is 19.2. The lowest BCUT2D eigenvalue weighted by Crippen LogP contribution is -2.41. The molecule has 1 heterocycles. The highest BCUT2D eigenvalue weighted by molar-refractivity contribution is 6.07. The molecule has 4 nitrogen and oxygen atoms in total. The van der Waals surface area contributed by atoms with Gasteiger partial charge in [0.15, 0.2) is 11.6 Å². The zero-order valence-electron chi connectivity index (χ0n) is 11.0. The Morgan fingerprint density at radius 2 is 2.00 bits per heavy atom. The molecular weight excluding hydrogens is 266 g/mol. The van der Waals surface area contributed by atoms with E-state index in [0.717, 1.165) is 17.0 Å². The van der Waals surface area contributed by atoms with Crippen molar-refractivity contribution in [2.45, 2.75) is 19.4 Å². The van der Waals surface area contributed by atoms with Crippen molar-refractivity contribution in [3.63, 3.8) is 0 Å². The van der Waals surface area contributed by atoms with E-state index < -0.39 is 29.1 Å². The van der Waals surface area contributed by atoms with Gasteiger partial charge in [0.25, 0.3) is 5.91 Å². The second-order valence-corrected chi connectivity index (χ2v) is 4.50. The SMILES string of the molecule is CC#CCN1C(=O)NC(C)(c2ccc(F)c(F)c2)C1=O. The van der Waals surface area contributed by atoms with Crippen LogP contribution in [0.4, 0.5) is 13.6 Å². The van der Waals surface area contributed by atoms with Crippen molar-refractivity contribution in [2.24, 2.45) is 0 Å². The molecule has 2 rings (SSSR count). The van der Waals surface area contributed by atoms with E-state index in [1.807, 2.05) is 0 Å². The predicted molar refractivity (Wildman–Crippen MR) is 67.4 cm³/mol. The van der Waals surface area contributed by atoms with Gasteiger partial charge in [-0.1, -0.05) is 12.0 Å². The van der Waals surface area contributed by atoms with Crippen LogP contribution in [-0.2, 0) is 10.3 Å². The molecule has 0 aromatic heterocycles. The van der Waals surface area contributed by atoms with E-state index in [9.17, 15) is 18.4 Å². The second-order valence-electron chi connectivity index (χ2n) is 4.50.